The minimum absolute atomic E-state index is 0.145. The van der Waals surface area contributed by atoms with Crippen molar-refractivity contribution >= 4 is 23.3 Å². The average molecular weight is 265 g/mol. The van der Waals surface area contributed by atoms with Gasteiger partial charge in [-0.15, -0.1) is 16.4 Å². The van der Waals surface area contributed by atoms with Crippen LogP contribution in [0.4, 0.5) is 6.01 Å². The van der Waals surface area contributed by atoms with Gasteiger partial charge in [-0.2, -0.15) is 0 Å². The van der Waals surface area contributed by atoms with Crippen molar-refractivity contribution in [3.63, 3.8) is 0 Å². The summed E-state index contributed by atoms with van der Waals surface area (Å²) in [4.78, 5) is 12.9. The van der Waals surface area contributed by atoms with Crippen molar-refractivity contribution in [3.05, 3.63) is 28.3 Å². The Morgan fingerprint density at radius 3 is 2.83 bits per heavy atom. The second-order valence-electron chi connectivity index (χ2n) is 4.96. The zero-order valence-corrected chi connectivity index (χ0v) is 11.4. The highest BCUT2D eigenvalue weighted by molar-refractivity contribution is 7.09. The molecule has 96 valence electrons. The van der Waals surface area contributed by atoms with Crippen molar-refractivity contribution in [2.24, 2.45) is 5.41 Å². The van der Waals surface area contributed by atoms with E-state index < -0.39 is 5.41 Å². The van der Waals surface area contributed by atoms with Gasteiger partial charge in [-0.25, -0.2) is 0 Å². The van der Waals surface area contributed by atoms with Gasteiger partial charge in [-0.3, -0.25) is 10.1 Å². The van der Waals surface area contributed by atoms with Crippen LogP contribution in [0.3, 0.4) is 0 Å². The number of aromatic nitrogens is 2. The molecule has 2 heterocycles. The number of nitrogens with zero attached hydrogens (tertiary/aromatic N) is 2. The van der Waals surface area contributed by atoms with Gasteiger partial charge in [0.1, 0.15) is 0 Å². The summed E-state index contributed by atoms with van der Waals surface area (Å²) in [6.07, 6.45) is 0.593. The molecule has 1 N–H and O–H groups in total. The van der Waals surface area contributed by atoms with Gasteiger partial charge in [0.25, 0.3) is 0 Å². The second kappa shape index (κ2) is 4.89. The fraction of sp³-hybridized carbons (Fsp3) is 0.417. The van der Waals surface area contributed by atoms with E-state index in [0.29, 0.717) is 12.3 Å². The summed E-state index contributed by atoms with van der Waals surface area (Å²) in [5.41, 5.74) is -0.484. The lowest BCUT2D eigenvalue weighted by atomic mass is 9.96. The van der Waals surface area contributed by atoms with Gasteiger partial charge in [0.15, 0.2) is 0 Å². The molecule has 0 aliphatic rings. The maximum atomic E-state index is 11.7. The molecule has 0 fully saturated rings. The summed E-state index contributed by atoms with van der Waals surface area (Å²) >= 11 is 1.63. The van der Waals surface area contributed by atoms with E-state index in [9.17, 15) is 4.79 Å². The normalized spacial score (nSPS) is 11.5. The van der Waals surface area contributed by atoms with E-state index in [-0.39, 0.29) is 11.9 Å². The highest BCUT2D eigenvalue weighted by atomic mass is 32.1. The van der Waals surface area contributed by atoms with Crippen LogP contribution in [0.5, 0.6) is 0 Å². The minimum Gasteiger partial charge on any atom is -0.407 e. The molecule has 0 atom stereocenters. The first-order chi connectivity index (χ1) is 8.45. The smallest absolute Gasteiger partial charge is 0.322 e. The van der Waals surface area contributed by atoms with E-state index >= 15 is 0 Å². The molecule has 0 unspecified atom stereocenters. The van der Waals surface area contributed by atoms with Gasteiger partial charge in [-0.05, 0) is 11.4 Å². The Balaban J connectivity index is 2.00. The Labute approximate surface area is 109 Å². The molecule has 0 saturated heterocycles. The summed E-state index contributed by atoms with van der Waals surface area (Å²) < 4.78 is 5.38. The Morgan fingerprint density at radius 1 is 1.44 bits per heavy atom. The molecule has 18 heavy (non-hydrogen) atoms. The molecular formula is C12H15N3O2S. The summed E-state index contributed by atoms with van der Waals surface area (Å²) in [5.74, 6) is 0.357. The van der Waals surface area contributed by atoms with Crippen LogP contribution < -0.4 is 5.32 Å². The Kier molecular flexibility index (Phi) is 3.47. The average Bonchev–Trinajstić information content (AvgIpc) is 2.89. The van der Waals surface area contributed by atoms with Crippen LogP contribution in [-0.2, 0) is 11.2 Å². The molecule has 5 nitrogen and oxygen atoms in total. The molecular weight excluding hydrogens is 250 g/mol. The lowest BCUT2D eigenvalue weighted by Crippen LogP contribution is -2.27. The van der Waals surface area contributed by atoms with E-state index in [1.807, 2.05) is 38.3 Å². The van der Waals surface area contributed by atoms with Crippen molar-refractivity contribution in [3.8, 4) is 0 Å². The molecule has 6 heteroatoms. The van der Waals surface area contributed by atoms with Gasteiger partial charge in [0, 0.05) is 10.3 Å². The number of hydrogen-bond acceptors (Lipinski definition) is 5. The van der Waals surface area contributed by atoms with Gasteiger partial charge < -0.3 is 4.42 Å². The predicted octanol–water partition coefficient (Wildman–Crippen LogP) is 2.71. The third kappa shape index (κ3) is 3.16. The summed E-state index contributed by atoms with van der Waals surface area (Å²) in [5, 5.41) is 12.3. The lowest BCUT2D eigenvalue weighted by Gasteiger charge is -2.15. The van der Waals surface area contributed by atoms with Crippen LogP contribution >= 0.6 is 11.3 Å². The standard InChI is InChI=1S/C12H15N3O2S/c1-12(2,3)10(16)13-11-15-14-9(17-11)7-8-5-4-6-18-8/h4-6H,7H2,1-3H3,(H,13,15,16). The monoisotopic (exact) mass is 265 g/mol. The first kappa shape index (κ1) is 12.8. The van der Waals surface area contributed by atoms with Gasteiger partial charge >= 0.3 is 6.01 Å². The Morgan fingerprint density at radius 2 is 2.22 bits per heavy atom. The first-order valence-corrected chi connectivity index (χ1v) is 6.49. The molecule has 0 bridgehead atoms. The first-order valence-electron chi connectivity index (χ1n) is 5.61. The summed E-state index contributed by atoms with van der Waals surface area (Å²) in [7, 11) is 0. The summed E-state index contributed by atoms with van der Waals surface area (Å²) in [6.45, 7) is 5.47. The van der Waals surface area contributed by atoms with Gasteiger partial charge in [0.2, 0.25) is 11.8 Å². The minimum atomic E-state index is -0.484. The van der Waals surface area contributed by atoms with Crippen molar-refractivity contribution in [1.29, 1.82) is 0 Å². The predicted molar refractivity (Wildman–Crippen MR) is 69.5 cm³/mol. The molecule has 0 saturated carbocycles. The summed E-state index contributed by atoms with van der Waals surface area (Å²) in [6, 6.07) is 4.13. The number of hydrogen-bond donors (Lipinski definition) is 1. The van der Waals surface area contributed by atoms with Crippen LogP contribution in [0.2, 0.25) is 0 Å². The van der Waals surface area contributed by atoms with E-state index in [1.54, 1.807) is 11.3 Å². The van der Waals surface area contributed by atoms with E-state index in [0.717, 1.165) is 4.88 Å². The van der Waals surface area contributed by atoms with Crippen molar-refractivity contribution in [2.75, 3.05) is 5.32 Å². The van der Waals surface area contributed by atoms with Crippen molar-refractivity contribution in [1.82, 2.24) is 10.2 Å². The number of nitrogens with one attached hydrogen (secondary N) is 1. The maximum Gasteiger partial charge on any atom is 0.322 e. The van der Waals surface area contributed by atoms with Crippen LogP contribution in [-0.4, -0.2) is 16.1 Å². The van der Waals surface area contributed by atoms with Gasteiger partial charge in [-0.1, -0.05) is 31.9 Å². The maximum absolute atomic E-state index is 11.7. The number of anilines is 1. The molecule has 2 aromatic heterocycles. The fourth-order valence-corrected chi connectivity index (χ4v) is 1.92. The van der Waals surface area contributed by atoms with Crippen LogP contribution in [0.15, 0.2) is 21.9 Å². The van der Waals surface area contributed by atoms with Crippen molar-refractivity contribution < 1.29 is 9.21 Å². The molecule has 0 aromatic carbocycles. The fourth-order valence-electron chi connectivity index (χ4n) is 1.22. The third-order valence-corrected chi connectivity index (χ3v) is 3.15. The highest BCUT2D eigenvalue weighted by Crippen LogP contribution is 2.18. The SMILES string of the molecule is CC(C)(C)C(=O)Nc1nnc(Cc2cccs2)o1. The van der Waals surface area contributed by atoms with Crippen LogP contribution in [0.1, 0.15) is 31.5 Å². The quantitative estimate of drug-likeness (QED) is 0.926. The van der Waals surface area contributed by atoms with Crippen LogP contribution in [0, 0.1) is 5.41 Å². The Hall–Kier alpha value is -1.69. The number of rotatable bonds is 3. The number of thiophene rings is 1. The van der Waals surface area contributed by atoms with Gasteiger partial charge in [0.05, 0.1) is 6.42 Å². The molecule has 0 aliphatic carbocycles. The zero-order valence-electron chi connectivity index (χ0n) is 10.6. The molecule has 0 spiro atoms. The number of amides is 1. The Bertz CT molecular complexity index is 526. The zero-order chi connectivity index (χ0) is 13.2. The lowest BCUT2D eigenvalue weighted by molar-refractivity contribution is -0.123. The topological polar surface area (TPSA) is 68.0 Å². The molecule has 2 aromatic rings. The van der Waals surface area contributed by atoms with E-state index in [1.165, 1.54) is 0 Å². The van der Waals surface area contributed by atoms with E-state index in [4.69, 9.17) is 4.42 Å². The second-order valence-corrected chi connectivity index (χ2v) is 5.99. The third-order valence-electron chi connectivity index (χ3n) is 2.27. The van der Waals surface area contributed by atoms with E-state index in [2.05, 4.69) is 15.5 Å². The van der Waals surface area contributed by atoms with Crippen molar-refractivity contribution in [2.45, 2.75) is 27.2 Å². The molecule has 2 rings (SSSR count). The van der Waals surface area contributed by atoms with Crippen LogP contribution in [0.25, 0.3) is 0 Å². The molecule has 1 amide bonds. The highest BCUT2D eigenvalue weighted by Gasteiger charge is 2.23. The molecule has 0 aliphatic heterocycles. The largest absolute Gasteiger partial charge is 0.407 e. The number of carbonyl (C=O) groups excluding carboxylic acids is 1. The number of carbonyl (C=O) groups is 1. The molecule has 0 radical (unpaired) electrons.